The number of carbonyl (C=O) groups excluding carboxylic acids is 4. The van der Waals surface area contributed by atoms with Crippen LogP contribution < -0.4 is 14.8 Å². The van der Waals surface area contributed by atoms with Crippen LogP contribution in [0.2, 0.25) is 0 Å². The molecule has 35 heavy (non-hydrogen) atoms. The summed E-state index contributed by atoms with van der Waals surface area (Å²) in [6.45, 7) is 9.60. The minimum absolute atomic E-state index is 0.0992. The summed E-state index contributed by atoms with van der Waals surface area (Å²) in [6.07, 6.45) is 2.55. The van der Waals surface area contributed by atoms with Gasteiger partial charge in [-0.15, -0.1) is 0 Å². The van der Waals surface area contributed by atoms with Crippen molar-refractivity contribution >= 4 is 23.9 Å². The van der Waals surface area contributed by atoms with Crippen molar-refractivity contribution in [2.24, 2.45) is 5.41 Å². The lowest BCUT2D eigenvalue weighted by Gasteiger charge is -2.21. The predicted molar refractivity (Wildman–Crippen MR) is 130 cm³/mol. The molecule has 0 heterocycles. The van der Waals surface area contributed by atoms with E-state index in [1.807, 2.05) is 34.6 Å². The van der Waals surface area contributed by atoms with E-state index in [0.717, 1.165) is 0 Å². The molecule has 1 aromatic carbocycles. The summed E-state index contributed by atoms with van der Waals surface area (Å²) in [6, 6.07) is 4.07. The molecule has 0 aliphatic carbocycles. The molecule has 1 atom stereocenters. The maximum absolute atomic E-state index is 12.3. The number of carbonyl (C=O) groups is 4. The highest BCUT2D eigenvalue weighted by molar-refractivity contribution is 5.78. The average molecular weight is 494 g/mol. The molecule has 9 nitrogen and oxygen atoms in total. The van der Waals surface area contributed by atoms with Crippen LogP contribution in [-0.2, 0) is 35.1 Å². The molecular weight excluding hydrogens is 454 g/mol. The largest absolute Gasteiger partial charge is 0.468 e. The molecule has 0 aliphatic rings. The first kappa shape index (κ1) is 30.1. The zero-order valence-electron chi connectivity index (χ0n) is 21.7. The number of ether oxygens (including phenoxy) is 4. The van der Waals surface area contributed by atoms with Gasteiger partial charge in [-0.3, -0.25) is 19.2 Å². The van der Waals surface area contributed by atoms with Gasteiger partial charge in [-0.1, -0.05) is 26.8 Å². The predicted octanol–water partition coefficient (Wildman–Crippen LogP) is 3.75. The van der Waals surface area contributed by atoms with E-state index in [9.17, 15) is 19.2 Å². The minimum atomic E-state index is -0.731. The number of nitrogens with one attached hydrogen (secondary N) is 1. The monoisotopic (exact) mass is 493 g/mol. The summed E-state index contributed by atoms with van der Waals surface area (Å²) in [5.41, 5.74) is 0.0852. The van der Waals surface area contributed by atoms with Gasteiger partial charge in [0.25, 0.3) is 0 Å². The van der Waals surface area contributed by atoms with E-state index < -0.39 is 29.4 Å². The number of methoxy groups -OCH3 is 1. The summed E-state index contributed by atoms with van der Waals surface area (Å²) < 4.78 is 21.0. The second-order valence-corrected chi connectivity index (χ2v) is 8.84. The summed E-state index contributed by atoms with van der Waals surface area (Å²) in [7, 11) is 1.29. The van der Waals surface area contributed by atoms with Crippen molar-refractivity contribution < 1.29 is 38.1 Å². The Morgan fingerprint density at radius 1 is 0.943 bits per heavy atom. The molecule has 0 spiro atoms. The van der Waals surface area contributed by atoms with E-state index >= 15 is 0 Å². The van der Waals surface area contributed by atoms with E-state index in [2.05, 4.69) is 5.32 Å². The molecule has 0 amide bonds. The third kappa shape index (κ3) is 10.5. The Morgan fingerprint density at radius 2 is 1.54 bits per heavy atom. The van der Waals surface area contributed by atoms with Gasteiger partial charge in [-0.25, -0.2) is 0 Å². The van der Waals surface area contributed by atoms with Crippen molar-refractivity contribution in [2.45, 2.75) is 79.2 Å². The Hall–Kier alpha value is -2.94. The fourth-order valence-electron chi connectivity index (χ4n) is 2.93. The number of esters is 4. The van der Waals surface area contributed by atoms with Gasteiger partial charge in [0.15, 0.2) is 11.5 Å². The second-order valence-electron chi connectivity index (χ2n) is 8.84. The molecule has 0 saturated heterocycles. The Labute approximate surface area is 207 Å². The van der Waals surface area contributed by atoms with Crippen LogP contribution in [0.3, 0.4) is 0 Å². The van der Waals surface area contributed by atoms with E-state index in [1.54, 1.807) is 18.2 Å². The zero-order valence-corrected chi connectivity index (χ0v) is 21.7. The first-order valence-electron chi connectivity index (χ1n) is 12.1. The number of hydrogen-bond donors (Lipinski definition) is 1. The molecule has 0 aromatic heterocycles. The normalized spacial score (nSPS) is 11.9. The fourth-order valence-corrected chi connectivity index (χ4v) is 2.93. The van der Waals surface area contributed by atoms with Crippen molar-refractivity contribution in [1.29, 1.82) is 0 Å². The van der Waals surface area contributed by atoms with Gasteiger partial charge in [0.05, 0.1) is 12.5 Å². The summed E-state index contributed by atoms with van der Waals surface area (Å²) in [4.78, 5) is 48.5. The minimum Gasteiger partial charge on any atom is -0.468 e. The van der Waals surface area contributed by atoms with Gasteiger partial charge in [-0.05, 0) is 57.2 Å². The third-order valence-corrected chi connectivity index (χ3v) is 5.45. The molecule has 0 radical (unpaired) electrons. The van der Waals surface area contributed by atoms with Gasteiger partial charge in [0.1, 0.15) is 12.6 Å². The zero-order chi connectivity index (χ0) is 26.4. The second kappa shape index (κ2) is 15.1. The van der Waals surface area contributed by atoms with Crippen LogP contribution in [-0.4, -0.2) is 50.2 Å². The third-order valence-electron chi connectivity index (χ3n) is 5.45. The maximum Gasteiger partial charge on any atom is 0.323 e. The molecule has 9 heteroatoms. The Bertz CT molecular complexity index is 865. The highest BCUT2D eigenvalue weighted by Crippen LogP contribution is 2.30. The smallest absolute Gasteiger partial charge is 0.323 e. The van der Waals surface area contributed by atoms with E-state index in [4.69, 9.17) is 18.9 Å². The standard InChI is InChI=1S/C26H39NO8/c1-7-10-22(28)34-20-13-12-18(17-21(20)35-23(29)11-8-2)16-19(24(30)32-6)27-14-15-33-25(31)26(4,5)9-3/h12-13,17,19,27H,7-11,14-16H2,1-6H3/t19-/m0/s1. The fraction of sp³-hybridized carbons (Fsp3) is 0.615. The molecule has 0 unspecified atom stereocenters. The topological polar surface area (TPSA) is 117 Å². The van der Waals surface area contributed by atoms with Crippen molar-refractivity contribution in [3.63, 3.8) is 0 Å². The molecule has 0 fully saturated rings. The molecule has 0 bridgehead atoms. The summed E-state index contributed by atoms with van der Waals surface area (Å²) in [5, 5.41) is 3.04. The number of hydrogen-bond acceptors (Lipinski definition) is 9. The quantitative estimate of drug-likeness (QED) is 0.221. The lowest BCUT2D eigenvalue weighted by molar-refractivity contribution is -0.154. The molecule has 0 saturated carbocycles. The average Bonchev–Trinajstić information content (AvgIpc) is 2.82. The first-order valence-corrected chi connectivity index (χ1v) is 12.1. The van der Waals surface area contributed by atoms with Crippen LogP contribution in [0.25, 0.3) is 0 Å². The van der Waals surface area contributed by atoms with Gasteiger partial charge in [0, 0.05) is 19.4 Å². The van der Waals surface area contributed by atoms with E-state index in [1.165, 1.54) is 7.11 Å². The van der Waals surface area contributed by atoms with Gasteiger partial charge in [-0.2, -0.15) is 0 Å². The first-order chi connectivity index (χ1) is 16.6. The summed E-state index contributed by atoms with van der Waals surface area (Å²) >= 11 is 0. The molecule has 1 N–H and O–H groups in total. The number of rotatable bonds is 15. The molecule has 0 aliphatic heterocycles. The lowest BCUT2D eigenvalue weighted by Crippen LogP contribution is -2.41. The van der Waals surface area contributed by atoms with Crippen LogP contribution in [0.5, 0.6) is 11.5 Å². The number of benzene rings is 1. The SMILES string of the molecule is CCCC(=O)Oc1ccc(C[C@H](NCCOC(=O)C(C)(C)CC)C(=O)OC)cc1OC(=O)CCC. The van der Waals surface area contributed by atoms with Crippen molar-refractivity contribution in [1.82, 2.24) is 5.32 Å². The van der Waals surface area contributed by atoms with Crippen molar-refractivity contribution in [2.75, 3.05) is 20.3 Å². The van der Waals surface area contributed by atoms with Gasteiger partial charge >= 0.3 is 23.9 Å². The highest BCUT2D eigenvalue weighted by atomic mass is 16.6. The van der Waals surface area contributed by atoms with Crippen molar-refractivity contribution in [3.8, 4) is 11.5 Å². The highest BCUT2D eigenvalue weighted by Gasteiger charge is 2.27. The van der Waals surface area contributed by atoms with Crippen LogP contribution >= 0.6 is 0 Å². The van der Waals surface area contributed by atoms with Gasteiger partial charge in [0.2, 0.25) is 0 Å². The van der Waals surface area contributed by atoms with E-state index in [0.29, 0.717) is 24.8 Å². The van der Waals surface area contributed by atoms with E-state index in [-0.39, 0.29) is 49.9 Å². The molecular formula is C26H39NO8. The molecule has 1 rings (SSSR count). The Balaban J connectivity index is 2.95. The van der Waals surface area contributed by atoms with Crippen LogP contribution in [0.15, 0.2) is 18.2 Å². The summed E-state index contributed by atoms with van der Waals surface area (Å²) in [5.74, 6) is -1.41. The van der Waals surface area contributed by atoms with Crippen LogP contribution in [0.4, 0.5) is 0 Å². The lowest BCUT2D eigenvalue weighted by atomic mass is 9.91. The van der Waals surface area contributed by atoms with Crippen LogP contribution in [0, 0.1) is 5.41 Å². The van der Waals surface area contributed by atoms with Crippen LogP contribution in [0.1, 0.15) is 72.3 Å². The molecule has 1 aromatic rings. The Morgan fingerprint density at radius 3 is 2.09 bits per heavy atom. The van der Waals surface area contributed by atoms with Crippen molar-refractivity contribution in [3.05, 3.63) is 23.8 Å². The maximum atomic E-state index is 12.3. The van der Waals surface area contributed by atoms with Gasteiger partial charge < -0.3 is 24.3 Å². The Kier molecular flexibility index (Phi) is 13.0. The molecule has 196 valence electrons.